The molecular formula is C25H31N7O4. The van der Waals surface area contributed by atoms with Crippen LogP contribution in [0.1, 0.15) is 36.3 Å². The minimum Gasteiger partial charge on any atom is -0.493 e. The average Bonchev–Trinajstić information content (AvgIpc) is 3.36. The van der Waals surface area contributed by atoms with E-state index in [4.69, 9.17) is 14.2 Å². The predicted octanol–water partition coefficient (Wildman–Crippen LogP) is 2.73. The first kappa shape index (κ1) is 25.3. The third kappa shape index (κ3) is 5.52. The van der Waals surface area contributed by atoms with Crippen LogP contribution in [0.2, 0.25) is 0 Å². The summed E-state index contributed by atoms with van der Waals surface area (Å²) in [5, 5.41) is 13.2. The monoisotopic (exact) mass is 493 g/mol. The minimum absolute atomic E-state index is 0.141. The highest BCUT2D eigenvalue weighted by Crippen LogP contribution is 2.32. The highest BCUT2D eigenvalue weighted by atomic mass is 16.5. The third-order valence-corrected chi connectivity index (χ3v) is 6.10. The topological polar surface area (TPSA) is 120 Å². The zero-order valence-corrected chi connectivity index (χ0v) is 21.0. The number of tetrazole rings is 1. The average molecular weight is 494 g/mol. The van der Waals surface area contributed by atoms with E-state index in [0.717, 1.165) is 23.2 Å². The van der Waals surface area contributed by atoms with Crippen molar-refractivity contribution in [3.05, 3.63) is 70.0 Å². The minimum atomic E-state index is -0.167. The molecule has 3 aromatic heterocycles. The Balaban J connectivity index is 1.74. The molecule has 3 heterocycles. The zero-order valence-electron chi connectivity index (χ0n) is 21.0. The number of aromatic amines is 1. The van der Waals surface area contributed by atoms with Gasteiger partial charge in [0.1, 0.15) is 0 Å². The van der Waals surface area contributed by atoms with Crippen molar-refractivity contribution in [3.63, 3.8) is 0 Å². The smallest absolute Gasteiger partial charge is 0.252 e. The van der Waals surface area contributed by atoms with E-state index in [1.807, 2.05) is 30.5 Å². The molecule has 0 aliphatic carbocycles. The number of benzene rings is 1. The van der Waals surface area contributed by atoms with E-state index in [9.17, 15) is 4.79 Å². The van der Waals surface area contributed by atoms with Crippen LogP contribution in [-0.2, 0) is 24.4 Å². The second kappa shape index (κ2) is 11.7. The van der Waals surface area contributed by atoms with E-state index in [2.05, 4.69) is 37.3 Å². The number of pyridine rings is 2. The molecule has 0 saturated carbocycles. The Morgan fingerprint density at radius 1 is 1.11 bits per heavy atom. The molecule has 0 fully saturated rings. The molecule has 0 bridgehead atoms. The van der Waals surface area contributed by atoms with E-state index in [1.54, 1.807) is 38.3 Å². The number of fused-ring (bicyclic) bond motifs is 1. The Bertz CT molecular complexity index is 1340. The molecule has 4 rings (SSSR count). The second-order valence-corrected chi connectivity index (χ2v) is 8.36. The van der Waals surface area contributed by atoms with Crippen LogP contribution in [0.15, 0.2) is 47.5 Å². The molecule has 0 saturated heterocycles. The number of methoxy groups -OCH3 is 3. The summed E-state index contributed by atoms with van der Waals surface area (Å²) in [6.45, 7) is 4.05. The van der Waals surface area contributed by atoms with Gasteiger partial charge in [0.2, 0.25) is 0 Å². The molecule has 1 aromatic carbocycles. The van der Waals surface area contributed by atoms with Crippen LogP contribution in [0.5, 0.6) is 11.5 Å². The van der Waals surface area contributed by atoms with Crippen LogP contribution in [0, 0.1) is 0 Å². The lowest BCUT2D eigenvalue weighted by molar-refractivity contribution is 0.150. The lowest BCUT2D eigenvalue weighted by atomic mass is 10.1. The fourth-order valence-corrected chi connectivity index (χ4v) is 4.31. The number of rotatable bonds is 12. The molecule has 0 aliphatic rings. The lowest BCUT2D eigenvalue weighted by Gasteiger charge is -2.30. The van der Waals surface area contributed by atoms with E-state index in [0.29, 0.717) is 48.8 Å². The maximum atomic E-state index is 13.2. The molecule has 4 aromatic rings. The van der Waals surface area contributed by atoms with Gasteiger partial charge in [-0.3, -0.25) is 14.7 Å². The van der Waals surface area contributed by atoms with Crippen molar-refractivity contribution in [1.29, 1.82) is 0 Å². The van der Waals surface area contributed by atoms with Gasteiger partial charge in [-0.05, 0) is 40.6 Å². The van der Waals surface area contributed by atoms with Gasteiger partial charge in [-0.25, -0.2) is 4.68 Å². The fourth-order valence-electron chi connectivity index (χ4n) is 4.31. The SMILES string of the molecule is CC[C@H](c1nnnn1CCOC)N(Cc1cccnc1)Cc1cc2cc(OC)c(OC)cc2[nH]c1=O. The van der Waals surface area contributed by atoms with Crippen molar-refractivity contribution in [2.45, 2.75) is 39.0 Å². The summed E-state index contributed by atoms with van der Waals surface area (Å²) in [6, 6.07) is 9.31. The summed E-state index contributed by atoms with van der Waals surface area (Å²) in [5.74, 6) is 1.88. The quantitative estimate of drug-likeness (QED) is 0.318. The molecule has 0 radical (unpaired) electrons. The number of nitrogens with one attached hydrogen (secondary N) is 1. The van der Waals surface area contributed by atoms with Crippen molar-refractivity contribution in [1.82, 2.24) is 35.1 Å². The first-order chi connectivity index (χ1) is 17.6. The van der Waals surface area contributed by atoms with Gasteiger partial charge in [0, 0.05) is 49.6 Å². The number of H-pyrrole nitrogens is 1. The molecule has 0 spiro atoms. The second-order valence-electron chi connectivity index (χ2n) is 8.36. The molecule has 0 amide bonds. The van der Waals surface area contributed by atoms with Gasteiger partial charge in [0.05, 0.1) is 38.9 Å². The Labute approximate surface area is 209 Å². The van der Waals surface area contributed by atoms with Gasteiger partial charge in [-0.2, -0.15) is 0 Å². The standard InChI is InChI=1S/C25H31N7O4/c1-5-21(24-28-29-30-32(24)9-10-34-2)31(15-17-7-6-8-26-14-17)16-19-11-18-12-22(35-3)23(36-4)13-20(18)27-25(19)33/h6-8,11-14,21H,5,9-10,15-16H2,1-4H3,(H,27,33)/t21-/m1/s1. The van der Waals surface area contributed by atoms with Crippen LogP contribution in [-0.4, -0.2) is 63.0 Å². The van der Waals surface area contributed by atoms with Gasteiger partial charge in [0.25, 0.3) is 5.56 Å². The molecule has 11 nitrogen and oxygen atoms in total. The number of ether oxygens (including phenoxy) is 3. The Morgan fingerprint density at radius 3 is 2.61 bits per heavy atom. The van der Waals surface area contributed by atoms with Gasteiger partial charge >= 0.3 is 0 Å². The highest BCUT2D eigenvalue weighted by Gasteiger charge is 2.26. The maximum Gasteiger partial charge on any atom is 0.252 e. The van der Waals surface area contributed by atoms with Gasteiger partial charge in [-0.1, -0.05) is 13.0 Å². The fraction of sp³-hybridized carbons (Fsp3) is 0.400. The first-order valence-corrected chi connectivity index (χ1v) is 11.7. The summed E-state index contributed by atoms with van der Waals surface area (Å²) >= 11 is 0. The Hall–Kier alpha value is -3.83. The van der Waals surface area contributed by atoms with Crippen molar-refractivity contribution in [3.8, 4) is 11.5 Å². The van der Waals surface area contributed by atoms with Crippen molar-refractivity contribution < 1.29 is 14.2 Å². The number of hydrogen-bond donors (Lipinski definition) is 1. The first-order valence-electron chi connectivity index (χ1n) is 11.7. The van der Waals surface area contributed by atoms with E-state index in [1.165, 1.54) is 0 Å². The van der Waals surface area contributed by atoms with Gasteiger partial charge < -0.3 is 19.2 Å². The van der Waals surface area contributed by atoms with Gasteiger partial charge in [0.15, 0.2) is 17.3 Å². The van der Waals surface area contributed by atoms with Crippen LogP contribution in [0.4, 0.5) is 0 Å². The summed E-state index contributed by atoms with van der Waals surface area (Å²) in [5.41, 5.74) is 2.15. The molecule has 11 heteroatoms. The Kier molecular flexibility index (Phi) is 8.24. The van der Waals surface area contributed by atoms with E-state index >= 15 is 0 Å². The van der Waals surface area contributed by atoms with Crippen LogP contribution in [0.25, 0.3) is 10.9 Å². The predicted molar refractivity (Wildman–Crippen MR) is 134 cm³/mol. The summed E-state index contributed by atoms with van der Waals surface area (Å²) < 4.78 is 17.8. The molecule has 36 heavy (non-hydrogen) atoms. The largest absolute Gasteiger partial charge is 0.493 e. The van der Waals surface area contributed by atoms with E-state index < -0.39 is 0 Å². The van der Waals surface area contributed by atoms with Crippen LogP contribution >= 0.6 is 0 Å². The summed E-state index contributed by atoms with van der Waals surface area (Å²) in [7, 11) is 4.80. The Morgan fingerprint density at radius 2 is 1.92 bits per heavy atom. The number of hydrogen-bond acceptors (Lipinski definition) is 9. The maximum absolute atomic E-state index is 13.2. The molecule has 0 aliphatic heterocycles. The highest BCUT2D eigenvalue weighted by molar-refractivity contribution is 5.83. The molecular weight excluding hydrogens is 462 g/mol. The summed E-state index contributed by atoms with van der Waals surface area (Å²) in [4.78, 5) is 22.6. The number of aromatic nitrogens is 6. The van der Waals surface area contributed by atoms with Crippen molar-refractivity contribution in [2.75, 3.05) is 27.9 Å². The molecule has 190 valence electrons. The third-order valence-electron chi connectivity index (χ3n) is 6.10. The van der Waals surface area contributed by atoms with Crippen LogP contribution in [0.3, 0.4) is 0 Å². The summed E-state index contributed by atoms with van der Waals surface area (Å²) in [6.07, 6.45) is 4.31. The van der Waals surface area contributed by atoms with Crippen molar-refractivity contribution >= 4 is 10.9 Å². The van der Waals surface area contributed by atoms with Crippen molar-refractivity contribution in [2.24, 2.45) is 0 Å². The lowest BCUT2D eigenvalue weighted by Crippen LogP contribution is -2.32. The van der Waals surface area contributed by atoms with Crippen LogP contribution < -0.4 is 15.0 Å². The molecule has 1 N–H and O–H groups in total. The molecule has 1 atom stereocenters. The normalized spacial score (nSPS) is 12.2. The van der Waals surface area contributed by atoms with Gasteiger partial charge in [-0.15, -0.1) is 5.10 Å². The molecule has 0 unspecified atom stereocenters. The van der Waals surface area contributed by atoms with E-state index in [-0.39, 0.29) is 11.6 Å². The number of nitrogens with zero attached hydrogens (tertiary/aromatic N) is 6. The zero-order chi connectivity index (χ0) is 25.5.